The third kappa shape index (κ3) is 2.08. The standard InChI is InChI=1S/C10H8BrN3S/c11-8-1-2-9(14-10(12)15)6-3-4-13-5-7(6)8/h1-5H,(H3,12,14,15). The van der Waals surface area contributed by atoms with E-state index in [2.05, 4.69) is 26.2 Å². The molecule has 1 aromatic carbocycles. The maximum Gasteiger partial charge on any atom is 0.168 e. The molecule has 1 heterocycles. The van der Waals surface area contributed by atoms with Gasteiger partial charge in [-0.3, -0.25) is 4.98 Å². The Morgan fingerprint density at radius 1 is 1.33 bits per heavy atom. The molecule has 0 saturated carbocycles. The van der Waals surface area contributed by atoms with Gasteiger partial charge in [-0.05, 0) is 30.4 Å². The van der Waals surface area contributed by atoms with Crippen molar-refractivity contribution >= 4 is 49.7 Å². The van der Waals surface area contributed by atoms with Crippen LogP contribution in [0.15, 0.2) is 35.1 Å². The molecule has 0 aliphatic rings. The molecule has 0 saturated heterocycles. The molecule has 2 aromatic rings. The Hall–Kier alpha value is -1.20. The molecular formula is C10H8BrN3S. The SMILES string of the molecule is NC(=S)Nc1ccc(Br)c2cnccc12. The van der Waals surface area contributed by atoms with E-state index >= 15 is 0 Å². The number of thiocarbonyl (C=S) groups is 1. The van der Waals surface area contributed by atoms with E-state index in [4.69, 9.17) is 18.0 Å². The van der Waals surface area contributed by atoms with Crippen molar-refractivity contribution in [1.82, 2.24) is 4.98 Å². The molecule has 0 aliphatic carbocycles. The minimum Gasteiger partial charge on any atom is -0.376 e. The molecule has 15 heavy (non-hydrogen) atoms. The largest absolute Gasteiger partial charge is 0.376 e. The zero-order valence-corrected chi connectivity index (χ0v) is 10.1. The average molecular weight is 282 g/mol. The van der Waals surface area contributed by atoms with Gasteiger partial charge in [-0.1, -0.05) is 15.9 Å². The second-order valence-corrected chi connectivity index (χ2v) is 4.30. The molecule has 0 radical (unpaired) electrons. The quantitative estimate of drug-likeness (QED) is 0.789. The summed E-state index contributed by atoms with van der Waals surface area (Å²) in [6, 6.07) is 5.77. The molecule has 3 nitrogen and oxygen atoms in total. The number of nitrogens with zero attached hydrogens (tertiary/aromatic N) is 1. The van der Waals surface area contributed by atoms with Crippen LogP contribution < -0.4 is 11.1 Å². The molecule has 0 unspecified atom stereocenters. The van der Waals surface area contributed by atoms with Crippen LogP contribution >= 0.6 is 28.1 Å². The van der Waals surface area contributed by atoms with E-state index in [1.807, 2.05) is 18.2 Å². The number of aromatic nitrogens is 1. The number of hydrogen-bond donors (Lipinski definition) is 2. The van der Waals surface area contributed by atoms with Crippen LogP contribution in [0, 0.1) is 0 Å². The third-order valence-electron chi connectivity index (χ3n) is 2.02. The van der Waals surface area contributed by atoms with Crippen LogP contribution in [0.3, 0.4) is 0 Å². The molecule has 0 bridgehead atoms. The van der Waals surface area contributed by atoms with E-state index in [0.717, 1.165) is 20.9 Å². The summed E-state index contributed by atoms with van der Waals surface area (Å²) in [4.78, 5) is 4.07. The van der Waals surface area contributed by atoms with E-state index in [0.29, 0.717) is 0 Å². The van der Waals surface area contributed by atoms with Crippen LogP contribution in [0.4, 0.5) is 5.69 Å². The van der Waals surface area contributed by atoms with Crippen molar-refractivity contribution in [3.8, 4) is 0 Å². The Bertz CT molecular complexity index is 527. The molecular weight excluding hydrogens is 274 g/mol. The molecule has 76 valence electrons. The van der Waals surface area contributed by atoms with Crippen LogP contribution in [0.5, 0.6) is 0 Å². The first-order chi connectivity index (χ1) is 7.18. The Kier molecular flexibility index (Phi) is 2.83. The lowest BCUT2D eigenvalue weighted by atomic mass is 10.1. The molecule has 1 aromatic heterocycles. The minimum atomic E-state index is 0.260. The molecule has 0 amide bonds. The highest BCUT2D eigenvalue weighted by Crippen LogP contribution is 2.29. The Labute approximate surface area is 101 Å². The van der Waals surface area contributed by atoms with Crippen molar-refractivity contribution in [1.29, 1.82) is 0 Å². The fourth-order valence-corrected chi connectivity index (χ4v) is 1.96. The van der Waals surface area contributed by atoms with Crippen molar-refractivity contribution in [3.63, 3.8) is 0 Å². The second-order valence-electron chi connectivity index (χ2n) is 3.01. The van der Waals surface area contributed by atoms with Gasteiger partial charge in [0.2, 0.25) is 0 Å². The van der Waals surface area contributed by atoms with E-state index in [1.165, 1.54) is 0 Å². The highest BCUT2D eigenvalue weighted by atomic mass is 79.9. The summed E-state index contributed by atoms with van der Waals surface area (Å²) in [7, 11) is 0. The molecule has 5 heteroatoms. The van der Waals surface area contributed by atoms with Crippen molar-refractivity contribution in [3.05, 3.63) is 35.1 Å². The predicted octanol–water partition coefficient (Wildman–Crippen LogP) is 2.65. The number of fused-ring (bicyclic) bond motifs is 1. The lowest BCUT2D eigenvalue weighted by Crippen LogP contribution is -2.19. The van der Waals surface area contributed by atoms with Gasteiger partial charge >= 0.3 is 0 Å². The van der Waals surface area contributed by atoms with E-state index in [-0.39, 0.29) is 5.11 Å². The van der Waals surface area contributed by atoms with Crippen molar-refractivity contribution in [2.24, 2.45) is 5.73 Å². The van der Waals surface area contributed by atoms with Gasteiger partial charge in [-0.15, -0.1) is 0 Å². The summed E-state index contributed by atoms with van der Waals surface area (Å²) in [5.74, 6) is 0. The Morgan fingerprint density at radius 3 is 2.87 bits per heavy atom. The lowest BCUT2D eigenvalue weighted by Gasteiger charge is -2.08. The normalized spacial score (nSPS) is 10.2. The van der Waals surface area contributed by atoms with Gasteiger partial charge in [0.05, 0.1) is 0 Å². The fourth-order valence-electron chi connectivity index (χ4n) is 1.40. The number of benzene rings is 1. The van der Waals surface area contributed by atoms with Crippen molar-refractivity contribution in [2.75, 3.05) is 5.32 Å². The van der Waals surface area contributed by atoms with E-state index in [1.54, 1.807) is 12.4 Å². The molecule has 2 rings (SSSR count). The van der Waals surface area contributed by atoms with E-state index in [9.17, 15) is 0 Å². The van der Waals surface area contributed by atoms with Gasteiger partial charge in [0.25, 0.3) is 0 Å². The summed E-state index contributed by atoms with van der Waals surface area (Å²) < 4.78 is 0.999. The number of rotatable bonds is 1. The van der Waals surface area contributed by atoms with Gasteiger partial charge in [0.1, 0.15) is 0 Å². The summed E-state index contributed by atoms with van der Waals surface area (Å²) in [6.07, 6.45) is 3.53. The predicted molar refractivity (Wildman–Crippen MR) is 69.9 cm³/mol. The number of pyridine rings is 1. The van der Waals surface area contributed by atoms with Crippen LogP contribution in [-0.2, 0) is 0 Å². The van der Waals surface area contributed by atoms with Gasteiger partial charge in [-0.25, -0.2) is 0 Å². The first-order valence-corrected chi connectivity index (χ1v) is 5.47. The van der Waals surface area contributed by atoms with Gasteiger partial charge in [0, 0.05) is 33.3 Å². The summed E-state index contributed by atoms with van der Waals surface area (Å²) in [6.45, 7) is 0. The maximum atomic E-state index is 5.45. The van der Waals surface area contributed by atoms with Crippen LogP contribution in [0.1, 0.15) is 0 Å². The molecule has 3 N–H and O–H groups in total. The van der Waals surface area contributed by atoms with Gasteiger partial charge in [-0.2, -0.15) is 0 Å². The topological polar surface area (TPSA) is 50.9 Å². The van der Waals surface area contributed by atoms with Crippen LogP contribution in [0.25, 0.3) is 10.8 Å². The molecule has 0 spiro atoms. The number of halogens is 1. The van der Waals surface area contributed by atoms with Crippen molar-refractivity contribution in [2.45, 2.75) is 0 Å². The summed E-state index contributed by atoms with van der Waals surface area (Å²) >= 11 is 8.28. The third-order valence-corrected chi connectivity index (χ3v) is 2.82. The zero-order valence-electron chi connectivity index (χ0n) is 7.70. The summed E-state index contributed by atoms with van der Waals surface area (Å²) in [5.41, 5.74) is 6.34. The number of anilines is 1. The highest BCUT2D eigenvalue weighted by molar-refractivity contribution is 9.10. The number of nitrogens with one attached hydrogen (secondary N) is 1. The van der Waals surface area contributed by atoms with Gasteiger partial charge < -0.3 is 11.1 Å². The second kappa shape index (κ2) is 4.12. The van der Waals surface area contributed by atoms with Crippen LogP contribution in [-0.4, -0.2) is 10.1 Å². The smallest absolute Gasteiger partial charge is 0.168 e. The average Bonchev–Trinajstić information content (AvgIpc) is 2.22. The zero-order chi connectivity index (χ0) is 10.8. The fraction of sp³-hybridized carbons (Fsp3) is 0. The molecule has 0 aliphatic heterocycles. The summed E-state index contributed by atoms with van der Waals surface area (Å²) in [5, 5.41) is 5.26. The lowest BCUT2D eigenvalue weighted by molar-refractivity contribution is 1.36. The number of nitrogens with two attached hydrogens (primary N) is 1. The van der Waals surface area contributed by atoms with Gasteiger partial charge in [0.15, 0.2) is 5.11 Å². The van der Waals surface area contributed by atoms with E-state index < -0.39 is 0 Å². The molecule has 0 fully saturated rings. The van der Waals surface area contributed by atoms with Crippen molar-refractivity contribution < 1.29 is 0 Å². The number of hydrogen-bond acceptors (Lipinski definition) is 2. The molecule has 0 atom stereocenters. The highest BCUT2D eigenvalue weighted by Gasteiger charge is 2.04. The minimum absolute atomic E-state index is 0.260. The first kappa shape index (κ1) is 10.3. The maximum absolute atomic E-state index is 5.45. The monoisotopic (exact) mass is 281 g/mol. The Morgan fingerprint density at radius 2 is 2.13 bits per heavy atom. The Balaban J connectivity index is 2.66. The van der Waals surface area contributed by atoms with Crippen LogP contribution in [0.2, 0.25) is 0 Å². The first-order valence-electron chi connectivity index (χ1n) is 4.27.